The van der Waals surface area contributed by atoms with Gasteiger partial charge in [-0.3, -0.25) is 57.7 Å². The van der Waals surface area contributed by atoms with Gasteiger partial charge in [0, 0.05) is 77.9 Å². The standard InChI is InChI=1S/C72H116N12O15/c1-16-46(8)63(82(13)70(93)61(44(4)5)79-69(92)62(45(6)7)81(11)12)56(97-14)41-59(87)84-36-22-26-55(84)64(98-15)48(10)66(89)76-53(40-49-23-18-17-19-24-49)39-47(9)65(88)80-99-42-50-29-31-52(32-30-50)75-67(90)54(25-21-35-74-72(73)96)77-68(91)60(43(2)3)78-57(85)27-20-28-58(86)83-37-33-51(34-38-83)71(94)95/h17-19,23-24,29-32,43-48,51,53-56,60-64H,16,20-22,25-28,33-42H2,1-15H3,(H,75,90)(H,76,89)(H,77,91)(H,78,85)(H,79,92)(H,80,88)(H,94,95)(H3,73,74,96)/t46-,47-,48+,53+,54+,55-,56+,60+,61-,62-,63-,64+/m0/s1. The van der Waals surface area contributed by atoms with E-state index in [0.29, 0.717) is 69.4 Å². The van der Waals surface area contributed by atoms with Crippen LogP contribution in [0.3, 0.4) is 0 Å². The summed E-state index contributed by atoms with van der Waals surface area (Å²) in [7, 11) is 8.46. The van der Waals surface area contributed by atoms with Gasteiger partial charge in [-0.2, -0.15) is 0 Å². The van der Waals surface area contributed by atoms with Gasteiger partial charge in [-0.25, -0.2) is 10.3 Å². The molecule has 2 aromatic carbocycles. The number of nitrogens with one attached hydrogen (secondary N) is 7. The minimum absolute atomic E-state index is 0.00176. The van der Waals surface area contributed by atoms with Gasteiger partial charge >= 0.3 is 12.0 Å². The van der Waals surface area contributed by atoms with Gasteiger partial charge in [-0.05, 0) is 119 Å². The zero-order valence-corrected chi connectivity index (χ0v) is 61.2. The predicted octanol–water partition coefficient (Wildman–Crippen LogP) is 5.14. The molecule has 0 spiro atoms. The van der Waals surface area contributed by atoms with E-state index in [1.54, 1.807) is 73.7 Å². The third-order valence-electron chi connectivity index (χ3n) is 19.2. The number of carbonyl (C=O) groups excluding carboxylic acids is 10. The summed E-state index contributed by atoms with van der Waals surface area (Å²) in [6, 6.07) is 10.5. The van der Waals surface area contributed by atoms with Crippen molar-refractivity contribution in [2.45, 2.75) is 214 Å². The lowest BCUT2D eigenvalue weighted by atomic mass is 9.89. The number of methoxy groups -OCH3 is 2. The molecule has 0 unspecified atom stereocenters. The summed E-state index contributed by atoms with van der Waals surface area (Å²) in [5, 5.41) is 26.3. The van der Waals surface area contributed by atoms with E-state index in [2.05, 4.69) is 37.4 Å². The normalized spacial score (nSPS) is 17.6. The number of rotatable bonds is 41. The molecule has 4 rings (SSSR count). The topological polar surface area (TPSA) is 359 Å². The summed E-state index contributed by atoms with van der Waals surface area (Å²) in [4.78, 5) is 160. The maximum Gasteiger partial charge on any atom is 0.312 e. The van der Waals surface area contributed by atoms with Crippen molar-refractivity contribution in [1.29, 1.82) is 0 Å². The molecular weight excluding hydrogens is 1270 g/mol. The minimum atomic E-state index is -1.11. The number of hydroxylamine groups is 1. The highest BCUT2D eigenvalue weighted by Gasteiger charge is 2.44. The van der Waals surface area contributed by atoms with Crippen LogP contribution in [0.4, 0.5) is 10.5 Å². The number of carboxylic acids is 1. The molecule has 10 N–H and O–H groups in total. The lowest BCUT2D eigenvalue weighted by molar-refractivity contribution is -0.148. The number of urea groups is 1. The maximum absolute atomic E-state index is 14.6. The van der Waals surface area contributed by atoms with Crippen molar-refractivity contribution in [2.75, 3.05) is 66.9 Å². The summed E-state index contributed by atoms with van der Waals surface area (Å²) in [6.45, 7) is 19.9. The van der Waals surface area contributed by atoms with Gasteiger partial charge in [0.15, 0.2) is 0 Å². The van der Waals surface area contributed by atoms with Crippen LogP contribution >= 0.6 is 0 Å². The van der Waals surface area contributed by atoms with E-state index >= 15 is 0 Å². The minimum Gasteiger partial charge on any atom is -0.481 e. The van der Waals surface area contributed by atoms with E-state index in [-0.39, 0.29) is 105 Å². The molecule has 27 heteroatoms. The molecule has 0 aliphatic carbocycles. The number of piperidine rings is 1. The van der Waals surface area contributed by atoms with Crippen molar-refractivity contribution in [3.05, 3.63) is 65.7 Å². The third-order valence-corrected chi connectivity index (χ3v) is 19.2. The molecule has 11 amide bonds. The molecule has 2 aliphatic rings. The Labute approximate surface area is 585 Å². The van der Waals surface area contributed by atoms with Crippen LogP contribution in [0.25, 0.3) is 0 Å². The first-order valence-electron chi connectivity index (χ1n) is 35.2. The summed E-state index contributed by atoms with van der Waals surface area (Å²) < 4.78 is 12.2. The SMILES string of the molecule is CC[C@H](C)[C@@H]([C@@H](CC(=O)N1CCC[C@H]1[C@H](OC)[C@@H](C)C(=O)N[C@@H](Cc1ccccc1)C[C@H](C)C(=O)NOCc1ccc(NC(=O)[C@@H](CCCNC(N)=O)NC(=O)[C@H](NC(=O)CCCC(=O)N2CCC(C(=O)O)CC2)C(C)C)cc1)OC)N(C)C(=O)[C@@H](NC(=O)[C@H](C(C)C)N(C)C)C(C)C. The van der Waals surface area contributed by atoms with E-state index in [1.165, 1.54) is 14.2 Å². The quantitative estimate of drug-likeness (QED) is 0.0307. The highest BCUT2D eigenvalue weighted by Crippen LogP contribution is 2.31. The number of anilines is 1. The van der Waals surface area contributed by atoms with Gasteiger partial charge in [-0.1, -0.05) is 118 Å². The molecule has 0 saturated carbocycles. The number of amides is 11. The summed E-state index contributed by atoms with van der Waals surface area (Å²) in [6.07, 6.45) is 2.46. The van der Waals surface area contributed by atoms with Crippen molar-refractivity contribution in [1.82, 2.24) is 51.7 Å². The van der Waals surface area contributed by atoms with Gasteiger partial charge in [0.1, 0.15) is 18.1 Å². The lowest BCUT2D eigenvalue weighted by Gasteiger charge is -2.41. The van der Waals surface area contributed by atoms with Gasteiger partial charge in [0.25, 0.3) is 0 Å². The van der Waals surface area contributed by atoms with E-state index < -0.39 is 114 Å². The van der Waals surface area contributed by atoms with Crippen LogP contribution < -0.4 is 43.1 Å². The molecule has 2 saturated heterocycles. The number of carboxylic acid groups (broad SMARTS) is 1. The molecule has 0 bridgehead atoms. The van der Waals surface area contributed by atoms with Crippen LogP contribution in [0.15, 0.2) is 54.6 Å². The number of hydrogen-bond acceptors (Lipinski definition) is 15. The van der Waals surface area contributed by atoms with Crippen LogP contribution in [-0.4, -0.2) is 206 Å². The number of carbonyl (C=O) groups is 11. The second kappa shape index (κ2) is 41.7. The maximum atomic E-state index is 14.6. The van der Waals surface area contributed by atoms with Crippen molar-refractivity contribution < 1.29 is 72.2 Å². The molecule has 2 aliphatic heterocycles. The molecule has 554 valence electrons. The number of primary amides is 1. The Morgan fingerprint density at radius 3 is 1.89 bits per heavy atom. The number of aliphatic carboxylic acids is 1. The molecule has 12 atom stereocenters. The van der Waals surface area contributed by atoms with Gasteiger partial charge in [0.2, 0.25) is 53.2 Å². The predicted molar refractivity (Wildman–Crippen MR) is 375 cm³/mol. The van der Waals surface area contributed by atoms with Gasteiger partial charge in [-0.15, -0.1) is 0 Å². The Morgan fingerprint density at radius 2 is 1.32 bits per heavy atom. The Bertz CT molecular complexity index is 2940. The fourth-order valence-electron chi connectivity index (χ4n) is 13.3. The lowest BCUT2D eigenvalue weighted by Crippen LogP contribution is -2.59. The highest BCUT2D eigenvalue weighted by molar-refractivity contribution is 5.98. The first-order chi connectivity index (χ1) is 46.8. The number of benzene rings is 2. The average Bonchev–Trinajstić information content (AvgIpc) is 1.80. The van der Waals surface area contributed by atoms with E-state index in [0.717, 1.165) is 5.56 Å². The van der Waals surface area contributed by atoms with Crippen LogP contribution in [0, 0.1) is 41.4 Å². The van der Waals surface area contributed by atoms with Gasteiger partial charge < -0.3 is 66.9 Å². The number of hydrogen-bond donors (Lipinski definition) is 9. The van der Waals surface area contributed by atoms with E-state index in [9.17, 15) is 57.8 Å². The Morgan fingerprint density at radius 1 is 0.677 bits per heavy atom. The zero-order valence-electron chi connectivity index (χ0n) is 61.2. The summed E-state index contributed by atoms with van der Waals surface area (Å²) in [5.74, 6) is -6.76. The molecule has 2 fully saturated rings. The zero-order chi connectivity index (χ0) is 73.8. The van der Waals surface area contributed by atoms with Crippen molar-refractivity contribution in [2.24, 2.45) is 47.2 Å². The smallest absolute Gasteiger partial charge is 0.312 e. The van der Waals surface area contributed by atoms with E-state index in [4.69, 9.17) is 20.0 Å². The molecular formula is C72H116N12O15. The summed E-state index contributed by atoms with van der Waals surface area (Å²) >= 11 is 0. The fourth-order valence-corrected chi connectivity index (χ4v) is 13.3. The molecule has 2 aromatic rings. The first-order valence-corrected chi connectivity index (χ1v) is 35.2. The van der Waals surface area contributed by atoms with Crippen molar-refractivity contribution in [3.8, 4) is 0 Å². The highest BCUT2D eigenvalue weighted by atomic mass is 16.7. The van der Waals surface area contributed by atoms with Crippen molar-refractivity contribution in [3.63, 3.8) is 0 Å². The number of likely N-dealkylation sites (tertiary alicyclic amines) is 2. The largest absolute Gasteiger partial charge is 0.481 e. The molecule has 27 nitrogen and oxygen atoms in total. The Balaban J connectivity index is 1.37. The number of likely N-dealkylation sites (N-methyl/N-ethyl adjacent to an activating group) is 2. The monoisotopic (exact) mass is 1390 g/mol. The Kier molecular flexibility index (Phi) is 35.3. The fraction of sp³-hybridized carbons (Fsp3) is 0.681. The summed E-state index contributed by atoms with van der Waals surface area (Å²) in [5.41, 5.74) is 9.74. The van der Waals surface area contributed by atoms with Crippen LogP contribution in [0.2, 0.25) is 0 Å². The number of nitrogens with zero attached hydrogens (tertiary/aromatic N) is 4. The molecule has 99 heavy (non-hydrogen) atoms. The molecule has 2 heterocycles. The molecule has 0 radical (unpaired) electrons. The average molecular weight is 1390 g/mol. The van der Waals surface area contributed by atoms with E-state index in [1.807, 2.05) is 90.9 Å². The number of nitrogens with two attached hydrogens (primary N) is 1. The molecule has 0 aromatic heterocycles. The second-order valence-electron chi connectivity index (χ2n) is 28.1. The second-order valence-corrected chi connectivity index (χ2v) is 28.1. The van der Waals surface area contributed by atoms with Crippen LogP contribution in [0.5, 0.6) is 0 Å². The number of ether oxygens (including phenoxy) is 2. The van der Waals surface area contributed by atoms with Crippen molar-refractivity contribution >= 4 is 70.9 Å². The van der Waals surface area contributed by atoms with Gasteiger partial charge in [0.05, 0.1) is 55.2 Å². The first kappa shape index (κ1) is 83.7. The van der Waals surface area contributed by atoms with Crippen LogP contribution in [-0.2, 0) is 75.3 Å². The third kappa shape index (κ3) is 26.4. The van der Waals surface area contributed by atoms with Crippen LogP contribution in [0.1, 0.15) is 157 Å². The Hall–Kier alpha value is -7.75.